The van der Waals surface area contributed by atoms with E-state index in [0.717, 1.165) is 0 Å². The summed E-state index contributed by atoms with van der Waals surface area (Å²) < 4.78 is 17.9. The van der Waals surface area contributed by atoms with E-state index < -0.39 is 5.82 Å². The van der Waals surface area contributed by atoms with Crippen LogP contribution in [-0.2, 0) is 11.2 Å². The molecule has 0 bridgehead atoms. The maximum Gasteiger partial charge on any atom is 0.165 e. The lowest BCUT2D eigenvalue weighted by Gasteiger charge is -2.03. The highest BCUT2D eigenvalue weighted by Gasteiger charge is 2.05. The van der Waals surface area contributed by atoms with Gasteiger partial charge in [-0.05, 0) is 17.7 Å². The minimum absolute atomic E-state index is 0.106. The Bertz CT molecular complexity index is 334. The first-order valence-corrected chi connectivity index (χ1v) is 4.51. The number of hydrogen-bond acceptors (Lipinski definition) is 2. The van der Waals surface area contributed by atoms with Crippen molar-refractivity contribution in [1.82, 2.24) is 0 Å². The number of carbonyl (C=O) groups excluding carboxylic acids is 1. The average Bonchev–Trinajstić information content (AvgIpc) is 2.18. The molecule has 0 aromatic heterocycles. The monoisotopic (exact) mass is 196 g/mol. The van der Waals surface area contributed by atoms with Crippen LogP contribution in [-0.4, -0.2) is 12.9 Å². The van der Waals surface area contributed by atoms with Crippen LogP contribution in [0.2, 0.25) is 0 Å². The fourth-order valence-electron chi connectivity index (χ4n) is 1.17. The summed E-state index contributed by atoms with van der Waals surface area (Å²) in [7, 11) is 1.41. The smallest absolute Gasteiger partial charge is 0.165 e. The van der Waals surface area contributed by atoms with E-state index in [4.69, 9.17) is 4.74 Å². The molecule has 0 fully saturated rings. The van der Waals surface area contributed by atoms with E-state index >= 15 is 0 Å². The Balaban J connectivity index is 2.81. The van der Waals surface area contributed by atoms with Gasteiger partial charge in [-0.25, -0.2) is 4.39 Å². The van der Waals surface area contributed by atoms with Gasteiger partial charge in [0.25, 0.3) is 0 Å². The summed E-state index contributed by atoms with van der Waals surface area (Å²) in [5.41, 5.74) is 0.690. The van der Waals surface area contributed by atoms with Crippen LogP contribution in [0.4, 0.5) is 4.39 Å². The van der Waals surface area contributed by atoms with Crippen molar-refractivity contribution in [2.24, 2.45) is 0 Å². The molecule has 0 spiro atoms. The highest BCUT2D eigenvalue weighted by Crippen LogP contribution is 2.18. The Hall–Kier alpha value is -1.38. The van der Waals surface area contributed by atoms with Gasteiger partial charge in [-0.2, -0.15) is 0 Å². The molecule has 14 heavy (non-hydrogen) atoms. The summed E-state index contributed by atoms with van der Waals surface area (Å²) in [5.74, 6) is -0.110. The van der Waals surface area contributed by atoms with Crippen molar-refractivity contribution in [2.45, 2.75) is 19.8 Å². The summed E-state index contributed by atoms with van der Waals surface area (Å²) in [6.45, 7) is 1.79. The molecule has 0 aliphatic heterocycles. The van der Waals surface area contributed by atoms with Gasteiger partial charge >= 0.3 is 0 Å². The topological polar surface area (TPSA) is 26.3 Å². The lowest BCUT2D eigenvalue weighted by molar-refractivity contribution is -0.118. The van der Waals surface area contributed by atoms with Crippen molar-refractivity contribution in [3.63, 3.8) is 0 Å². The lowest BCUT2D eigenvalue weighted by Crippen LogP contribution is -2.01. The molecule has 2 nitrogen and oxygen atoms in total. The molecule has 0 aliphatic carbocycles. The molecule has 76 valence electrons. The zero-order valence-corrected chi connectivity index (χ0v) is 8.34. The molecule has 1 aromatic carbocycles. The van der Waals surface area contributed by atoms with E-state index in [1.165, 1.54) is 19.2 Å². The molecule has 0 aliphatic rings. The molecule has 0 N–H and O–H groups in total. The van der Waals surface area contributed by atoms with E-state index in [1.54, 1.807) is 13.0 Å². The fourth-order valence-corrected chi connectivity index (χ4v) is 1.17. The number of methoxy groups -OCH3 is 1. The Morgan fingerprint density at radius 3 is 2.71 bits per heavy atom. The van der Waals surface area contributed by atoms with E-state index in [9.17, 15) is 9.18 Å². The lowest BCUT2D eigenvalue weighted by atomic mass is 10.1. The van der Waals surface area contributed by atoms with E-state index in [0.29, 0.717) is 12.0 Å². The molecular weight excluding hydrogens is 183 g/mol. The van der Waals surface area contributed by atoms with Crippen molar-refractivity contribution in [3.8, 4) is 5.75 Å². The van der Waals surface area contributed by atoms with Crippen molar-refractivity contribution >= 4 is 5.78 Å². The largest absolute Gasteiger partial charge is 0.494 e. The Labute approximate surface area is 82.7 Å². The molecule has 0 unspecified atom stereocenters. The summed E-state index contributed by atoms with van der Waals surface area (Å²) in [6.07, 6.45) is 0.769. The first kappa shape index (κ1) is 10.7. The third-order valence-electron chi connectivity index (χ3n) is 2.01. The van der Waals surface area contributed by atoms with Gasteiger partial charge in [0.15, 0.2) is 11.6 Å². The third-order valence-corrected chi connectivity index (χ3v) is 2.01. The highest BCUT2D eigenvalue weighted by atomic mass is 19.1. The molecule has 0 heterocycles. The van der Waals surface area contributed by atoms with E-state index in [2.05, 4.69) is 0 Å². The van der Waals surface area contributed by atoms with Crippen molar-refractivity contribution in [1.29, 1.82) is 0 Å². The quantitative estimate of drug-likeness (QED) is 0.738. The number of ketones is 1. The number of ether oxygens (including phenoxy) is 1. The molecule has 1 rings (SSSR count). The molecule has 0 saturated carbocycles. The van der Waals surface area contributed by atoms with Crippen molar-refractivity contribution in [2.75, 3.05) is 7.11 Å². The van der Waals surface area contributed by atoms with Gasteiger partial charge in [-0.3, -0.25) is 4.79 Å². The van der Waals surface area contributed by atoms with Gasteiger partial charge in [-0.1, -0.05) is 13.0 Å². The van der Waals surface area contributed by atoms with Gasteiger partial charge in [0.1, 0.15) is 5.78 Å². The molecule has 0 radical (unpaired) electrons. The van der Waals surface area contributed by atoms with E-state index in [-0.39, 0.29) is 18.0 Å². The van der Waals surface area contributed by atoms with Gasteiger partial charge < -0.3 is 4.74 Å². The highest BCUT2D eigenvalue weighted by molar-refractivity contribution is 5.80. The zero-order chi connectivity index (χ0) is 10.6. The second kappa shape index (κ2) is 4.74. The summed E-state index contributed by atoms with van der Waals surface area (Å²) >= 11 is 0. The maximum absolute atomic E-state index is 13.2. The van der Waals surface area contributed by atoms with Crippen LogP contribution in [0.25, 0.3) is 0 Å². The summed E-state index contributed by atoms with van der Waals surface area (Å²) in [6, 6.07) is 4.58. The molecule has 0 atom stereocenters. The molecular formula is C11H13FO2. The molecule has 3 heteroatoms. The second-order valence-electron chi connectivity index (χ2n) is 3.04. The third kappa shape index (κ3) is 2.55. The molecule has 0 saturated heterocycles. The van der Waals surface area contributed by atoms with Crippen LogP contribution in [0.5, 0.6) is 5.75 Å². The van der Waals surface area contributed by atoms with Crippen LogP contribution < -0.4 is 4.74 Å². The SMILES string of the molecule is CCC(=O)Cc1ccc(OC)c(F)c1. The number of hydrogen-bond donors (Lipinski definition) is 0. The Morgan fingerprint density at radius 2 is 2.21 bits per heavy atom. The first-order chi connectivity index (χ1) is 6.67. The summed E-state index contributed by atoms with van der Waals surface area (Å²) in [4.78, 5) is 11.1. The molecule has 0 amide bonds. The van der Waals surface area contributed by atoms with Crippen molar-refractivity contribution < 1.29 is 13.9 Å². The van der Waals surface area contributed by atoms with Gasteiger partial charge in [0, 0.05) is 12.8 Å². The van der Waals surface area contributed by atoms with Gasteiger partial charge in [0.05, 0.1) is 7.11 Å². The maximum atomic E-state index is 13.2. The second-order valence-corrected chi connectivity index (χ2v) is 3.04. The predicted octanol–water partition coefficient (Wildman–Crippen LogP) is 2.36. The van der Waals surface area contributed by atoms with Crippen LogP contribution in [0, 0.1) is 5.82 Å². The van der Waals surface area contributed by atoms with Crippen LogP contribution >= 0.6 is 0 Å². The van der Waals surface area contributed by atoms with Crippen molar-refractivity contribution in [3.05, 3.63) is 29.6 Å². The van der Waals surface area contributed by atoms with Crippen LogP contribution in [0.15, 0.2) is 18.2 Å². The predicted molar refractivity (Wildman–Crippen MR) is 52.0 cm³/mol. The minimum atomic E-state index is -0.422. The first-order valence-electron chi connectivity index (χ1n) is 4.51. The summed E-state index contributed by atoms with van der Waals surface area (Å²) in [5, 5.41) is 0. The Morgan fingerprint density at radius 1 is 1.50 bits per heavy atom. The van der Waals surface area contributed by atoms with Gasteiger partial charge in [0.2, 0.25) is 0 Å². The number of halogens is 1. The standard InChI is InChI=1S/C11H13FO2/c1-3-9(13)6-8-4-5-11(14-2)10(12)7-8/h4-5,7H,3,6H2,1-2H3. The number of benzene rings is 1. The van der Waals surface area contributed by atoms with Gasteiger partial charge in [-0.15, -0.1) is 0 Å². The minimum Gasteiger partial charge on any atom is -0.494 e. The van der Waals surface area contributed by atoms with E-state index in [1.807, 2.05) is 0 Å². The number of Topliss-reactive ketones (excluding diaryl/α,β-unsaturated/α-hetero) is 1. The fraction of sp³-hybridized carbons (Fsp3) is 0.364. The van der Waals surface area contributed by atoms with Crippen LogP contribution in [0.1, 0.15) is 18.9 Å². The average molecular weight is 196 g/mol. The van der Waals surface area contributed by atoms with Crippen LogP contribution in [0.3, 0.4) is 0 Å². The zero-order valence-electron chi connectivity index (χ0n) is 8.34. The number of carbonyl (C=O) groups is 1. The molecule has 1 aromatic rings. The number of rotatable bonds is 4. The normalized spacial score (nSPS) is 9.93. The Kier molecular flexibility index (Phi) is 3.63.